The Labute approximate surface area is 195 Å². The monoisotopic (exact) mass is 492 g/mol. The smallest absolute Gasteiger partial charge is 0.282 e. The Bertz CT molecular complexity index is 1320. The van der Waals surface area contributed by atoms with Crippen molar-refractivity contribution in [3.8, 4) is 11.4 Å². The molecule has 4 aromatic rings. The third-order valence-electron chi connectivity index (χ3n) is 5.40. The lowest BCUT2D eigenvalue weighted by atomic mass is 10.1. The highest BCUT2D eigenvalue weighted by Gasteiger charge is 2.15. The number of hydrogen-bond acceptors (Lipinski definition) is 4. The molecule has 32 heavy (non-hydrogen) atoms. The summed E-state index contributed by atoms with van der Waals surface area (Å²) in [6.07, 6.45) is 4.52. The van der Waals surface area contributed by atoms with Gasteiger partial charge in [0.1, 0.15) is 11.6 Å². The van der Waals surface area contributed by atoms with E-state index in [0.29, 0.717) is 23.3 Å². The van der Waals surface area contributed by atoms with Gasteiger partial charge in [0.2, 0.25) is 0 Å². The predicted molar refractivity (Wildman–Crippen MR) is 132 cm³/mol. The van der Waals surface area contributed by atoms with Crippen LogP contribution in [0.25, 0.3) is 16.6 Å². The summed E-state index contributed by atoms with van der Waals surface area (Å²) in [7, 11) is 0. The number of halogens is 1. The van der Waals surface area contributed by atoms with Crippen LogP contribution >= 0.6 is 15.9 Å². The van der Waals surface area contributed by atoms with Gasteiger partial charge in [0.15, 0.2) is 0 Å². The predicted octanol–water partition coefficient (Wildman–Crippen LogP) is 5.74. The number of ether oxygens (including phenoxy) is 1. The molecule has 0 aliphatic carbocycles. The van der Waals surface area contributed by atoms with E-state index in [1.165, 1.54) is 4.68 Å². The van der Waals surface area contributed by atoms with Gasteiger partial charge in [-0.15, -0.1) is 0 Å². The molecule has 1 atom stereocenters. The molecule has 4 rings (SSSR count). The first kappa shape index (κ1) is 22.0. The molecule has 0 radical (unpaired) electrons. The summed E-state index contributed by atoms with van der Waals surface area (Å²) in [5, 5.41) is 5.12. The topological polar surface area (TPSA) is 61.4 Å². The summed E-state index contributed by atoms with van der Waals surface area (Å²) in [5.41, 5.74) is 2.33. The van der Waals surface area contributed by atoms with E-state index in [9.17, 15) is 4.79 Å². The second-order valence-corrected chi connectivity index (χ2v) is 8.45. The summed E-state index contributed by atoms with van der Waals surface area (Å²) in [6, 6.07) is 17.3. The molecule has 0 spiro atoms. The van der Waals surface area contributed by atoms with Crippen LogP contribution < -0.4 is 10.3 Å². The lowest BCUT2D eigenvalue weighted by Crippen LogP contribution is -2.23. The maximum absolute atomic E-state index is 13.3. The zero-order valence-electron chi connectivity index (χ0n) is 18.3. The van der Waals surface area contributed by atoms with Crippen LogP contribution in [0.5, 0.6) is 5.75 Å². The first-order chi connectivity index (χ1) is 15.5. The van der Waals surface area contributed by atoms with E-state index in [1.54, 1.807) is 12.3 Å². The van der Waals surface area contributed by atoms with Gasteiger partial charge in [0.25, 0.3) is 5.56 Å². The molecule has 0 saturated carbocycles. The molecule has 0 saturated heterocycles. The van der Waals surface area contributed by atoms with Crippen molar-refractivity contribution in [2.75, 3.05) is 6.61 Å². The van der Waals surface area contributed by atoms with Crippen LogP contribution in [-0.2, 0) is 0 Å². The number of rotatable bonds is 7. The molecule has 0 bridgehead atoms. The Kier molecular flexibility index (Phi) is 6.55. The van der Waals surface area contributed by atoms with Crippen molar-refractivity contribution >= 4 is 33.0 Å². The Morgan fingerprint density at radius 1 is 1.16 bits per heavy atom. The van der Waals surface area contributed by atoms with Gasteiger partial charge >= 0.3 is 0 Å². The van der Waals surface area contributed by atoms with Gasteiger partial charge in [-0.1, -0.05) is 29.8 Å². The average molecular weight is 493 g/mol. The third-order valence-corrected chi connectivity index (χ3v) is 5.89. The Balaban J connectivity index is 1.77. The maximum Gasteiger partial charge on any atom is 0.282 e. The largest absolute Gasteiger partial charge is 0.494 e. The lowest BCUT2D eigenvalue weighted by Gasteiger charge is -2.14. The minimum absolute atomic E-state index is 0.0887. The van der Waals surface area contributed by atoms with Gasteiger partial charge in [0.05, 0.1) is 29.4 Å². The number of nitrogens with zero attached hydrogens (tertiary/aromatic N) is 4. The van der Waals surface area contributed by atoms with Crippen LogP contribution in [0.3, 0.4) is 0 Å². The molecule has 6 nitrogen and oxygen atoms in total. The summed E-state index contributed by atoms with van der Waals surface area (Å²) >= 11 is 3.45. The molecule has 0 aliphatic heterocycles. The van der Waals surface area contributed by atoms with E-state index in [4.69, 9.17) is 9.72 Å². The summed E-state index contributed by atoms with van der Waals surface area (Å²) in [5.74, 6) is 1.57. The SMILES string of the molecule is CCOc1ccc(-n2cccc2C=Nn2c([C@H](C)CC)nc3ccc(Br)cc3c2=O)cc1. The first-order valence-corrected chi connectivity index (χ1v) is 11.5. The fourth-order valence-corrected chi connectivity index (χ4v) is 3.86. The van der Waals surface area contributed by atoms with Crippen molar-refractivity contribution in [1.29, 1.82) is 0 Å². The minimum Gasteiger partial charge on any atom is -0.494 e. The number of aromatic nitrogens is 3. The fourth-order valence-electron chi connectivity index (χ4n) is 3.50. The van der Waals surface area contributed by atoms with E-state index in [1.807, 2.05) is 66.2 Å². The van der Waals surface area contributed by atoms with Gasteiger partial charge in [-0.3, -0.25) is 4.79 Å². The normalized spacial score (nSPS) is 12.5. The highest BCUT2D eigenvalue weighted by molar-refractivity contribution is 9.10. The molecule has 0 aliphatic rings. The minimum atomic E-state index is -0.179. The average Bonchev–Trinajstić information content (AvgIpc) is 3.27. The molecule has 0 unspecified atom stereocenters. The fraction of sp³-hybridized carbons (Fsp3) is 0.240. The zero-order chi connectivity index (χ0) is 22.7. The van der Waals surface area contributed by atoms with Crippen LogP contribution in [0.1, 0.15) is 44.6 Å². The van der Waals surface area contributed by atoms with Crippen LogP contribution in [-0.4, -0.2) is 27.0 Å². The molecular weight excluding hydrogens is 468 g/mol. The van der Waals surface area contributed by atoms with Crippen molar-refractivity contribution in [2.45, 2.75) is 33.1 Å². The number of hydrogen-bond donors (Lipinski definition) is 0. The molecule has 2 aromatic heterocycles. The Hall–Kier alpha value is -3.19. The Morgan fingerprint density at radius 3 is 2.66 bits per heavy atom. The number of benzene rings is 2. The maximum atomic E-state index is 13.3. The van der Waals surface area contributed by atoms with E-state index < -0.39 is 0 Å². The molecular formula is C25H25BrN4O2. The van der Waals surface area contributed by atoms with Gasteiger partial charge in [-0.05, 0) is 67.9 Å². The van der Waals surface area contributed by atoms with Crippen molar-refractivity contribution in [3.63, 3.8) is 0 Å². The van der Waals surface area contributed by atoms with E-state index >= 15 is 0 Å². The van der Waals surface area contributed by atoms with Crippen LogP contribution in [0, 0.1) is 0 Å². The molecule has 2 heterocycles. The van der Waals surface area contributed by atoms with Gasteiger partial charge in [-0.25, -0.2) is 4.98 Å². The van der Waals surface area contributed by atoms with Crippen molar-refractivity contribution in [2.24, 2.45) is 5.10 Å². The summed E-state index contributed by atoms with van der Waals surface area (Å²) in [6.45, 7) is 6.73. The quantitative estimate of drug-likeness (QED) is 0.309. The lowest BCUT2D eigenvalue weighted by molar-refractivity contribution is 0.340. The van der Waals surface area contributed by atoms with Crippen molar-refractivity contribution in [3.05, 3.63) is 87.1 Å². The second kappa shape index (κ2) is 9.53. The van der Waals surface area contributed by atoms with Crippen LogP contribution in [0.15, 0.2) is 75.2 Å². The standard InChI is InChI=1S/C25H25BrN4O2/c1-4-17(3)24-28-23-13-8-18(26)15-22(23)25(31)30(24)27-16-20-7-6-14-29(20)19-9-11-21(12-10-19)32-5-2/h6-17H,4-5H2,1-3H3/t17-/m1/s1. The van der Waals surface area contributed by atoms with E-state index in [-0.39, 0.29) is 11.5 Å². The zero-order valence-corrected chi connectivity index (χ0v) is 19.9. The molecule has 0 amide bonds. The molecule has 164 valence electrons. The highest BCUT2D eigenvalue weighted by Crippen LogP contribution is 2.21. The third kappa shape index (κ3) is 4.39. The van der Waals surface area contributed by atoms with Gasteiger partial charge in [-0.2, -0.15) is 9.78 Å². The van der Waals surface area contributed by atoms with E-state index in [0.717, 1.165) is 28.0 Å². The van der Waals surface area contributed by atoms with Gasteiger partial charge in [0, 0.05) is 22.3 Å². The Morgan fingerprint density at radius 2 is 1.94 bits per heavy atom. The van der Waals surface area contributed by atoms with Crippen molar-refractivity contribution < 1.29 is 4.74 Å². The van der Waals surface area contributed by atoms with E-state index in [2.05, 4.69) is 34.9 Å². The van der Waals surface area contributed by atoms with Crippen LogP contribution in [0.2, 0.25) is 0 Å². The summed E-state index contributed by atoms with van der Waals surface area (Å²) < 4.78 is 9.81. The molecule has 7 heteroatoms. The van der Waals surface area contributed by atoms with Gasteiger partial charge < -0.3 is 9.30 Å². The molecule has 2 aromatic carbocycles. The number of fused-ring (bicyclic) bond motifs is 1. The molecule has 0 N–H and O–H groups in total. The van der Waals surface area contributed by atoms with Crippen molar-refractivity contribution in [1.82, 2.24) is 14.2 Å². The highest BCUT2D eigenvalue weighted by atomic mass is 79.9. The first-order valence-electron chi connectivity index (χ1n) is 10.7. The second-order valence-electron chi connectivity index (χ2n) is 7.53. The molecule has 0 fully saturated rings. The van der Waals surface area contributed by atoms with Crippen LogP contribution in [0.4, 0.5) is 0 Å². The summed E-state index contributed by atoms with van der Waals surface area (Å²) in [4.78, 5) is 18.1.